The number of ketones is 1. The fourth-order valence-electron chi connectivity index (χ4n) is 5.23. The minimum absolute atomic E-state index is 0.0967. The van der Waals surface area contributed by atoms with Gasteiger partial charge in [0.25, 0.3) is 0 Å². The summed E-state index contributed by atoms with van der Waals surface area (Å²) in [7, 11) is 0. The molecule has 0 aromatic carbocycles. The summed E-state index contributed by atoms with van der Waals surface area (Å²) in [4.78, 5) is 42.9. The first kappa shape index (κ1) is 23.7. The van der Waals surface area contributed by atoms with Crippen LogP contribution in [-0.4, -0.2) is 67.1 Å². The first-order valence-electron chi connectivity index (χ1n) is 12.5. The smallest absolute Gasteiger partial charge is 0.248 e. The number of nitrogens with one attached hydrogen (secondary N) is 3. The molecule has 2 aliphatic carbocycles. The van der Waals surface area contributed by atoms with Crippen LogP contribution in [0.1, 0.15) is 60.9 Å². The van der Waals surface area contributed by atoms with Crippen LogP contribution >= 0.6 is 0 Å². The number of aromatic amines is 1. The zero-order chi connectivity index (χ0) is 25.7. The van der Waals surface area contributed by atoms with Gasteiger partial charge in [0, 0.05) is 44.1 Å². The van der Waals surface area contributed by atoms with E-state index < -0.39 is 17.7 Å². The number of halogens is 3. The van der Waals surface area contributed by atoms with Crippen molar-refractivity contribution >= 4 is 34.4 Å². The number of anilines is 2. The maximum Gasteiger partial charge on any atom is 0.248 e. The van der Waals surface area contributed by atoms with Gasteiger partial charge < -0.3 is 20.5 Å². The predicted molar refractivity (Wildman–Crippen MR) is 129 cm³/mol. The Hall–Kier alpha value is -3.70. The van der Waals surface area contributed by atoms with Crippen LogP contribution in [-0.2, 0) is 4.79 Å². The maximum absolute atomic E-state index is 15.0. The molecule has 3 aromatic heterocycles. The van der Waals surface area contributed by atoms with Gasteiger partial charge in [0.15, 0.2) is 5.78 Å². The Morgan fingerprint density at radius 2 is 1.84 bits per heavy atom. The third kappa shape index (κ3) is 4.72. The van der Waals surface area contributed by atoms with Crippen molar-refractivity contribution in [3.63, 3.8) is 0 Å². The minimum Gasteiger partial charge on any atom is -0.367 e. The van der Waals surface area contributed by atoms with Crippen molar-refractivity contribution in [2.24, 2.45) is 0 Å². The number of carbonyl (C=O) groups excluding carboxylic acids is 2. The van der Waals surface area contributed by atoms with Crippen LogP contribution in [0.2, 0.25) is 0 Å². The highest BCUT2D eigenvalue weighted by molar-refractivity contribution is 6.18. The Morgan fingerprint density at radius 3 is 2.57 bits per heavy atom. The Bertz CT molecular complexity index is 1360. The second-order valence-corrected chi connectivity index (χ2v) is 10.1. The maximum atomic E-state index is 15.0. The third-order valence-corrected chi connectivity index (χ3v) is 7.36. The molecule has 1 amide bonds. The molecule has 3 aromatic rings. The molecule has 4 heterocycles. The molecule has 9 nitrogen and oxygen atoms in total. The summed E-state index contributed by atoms with van der Waals surface area (Å²) in [5, 5.41) is 6.68. The van der Waals surface area contributed by atoms with Crippen molar-refractivity contribution in [3.05, 3.63) is 41.7 Å². The topological polar surface area (TPSA) is 116 Å². The number of rotatable bonds is 7. The van der Waals surface area contributed by atoms with Gasteiger partial charge in [-0.3, -0.25) is 9.59 Å². The highest BCUT2D eigenvalue weighted by atomic mass is 19.3. The van der Waals surface area contributed by atoms with Crippen molar-refractivity contribution in [2.45, 2.75) is 69.0 Å². The van der Waals surface area contributed by atoms with Crippen LogP contribution in [0.5, 0.6) is 0 Å². The Balaban J connectivity index is 1.21. The fourth-order valence-corrected chi connectivity index (χ4v) is 5.23. The van der Waals surface area contributed by atoms with Crippen LogP contribution in [0.25, 0.3) is 11.0 Å². The molecule has 6 rings (SSSR count). The van der Waals surface area contributed by atoms with Crippen molar-refractivity contribution < 1.29 is 22.8 Å². The quantitative estimate of drug-likeness (QED) is 0.324. The van der Waals surface area contributed by atoms with Crippen LogP contribution in [0.3, 0.4) is 0 Å². The van der Waals surface area contributed by atoms with Gasteiger partial charge >= 0.3 is 0 Å². The van der Waals surface area contributed by atoms with E-state index in [0.717, 1.165) is 12.8 Å². The molecule has 1 aliphatic heterocycles. The average molecular weight is 514 g/mol. The summed E-state index contributed by atoms with van der Waals surface area (Å²) >= 11 is 0. The molecular formula is C25H26F3N7O2. The second-order valence-electron chi connectivity index (χ2n) is 10.1. The summed E-state index contributed by atoms with van der Waals surface area (Å²) in [6, 6.07) is 2.74. The molecule has 3 N–H and O–H groups in total. The largest absolute Gasteiger partial charge is 0.367 e. The number of H-pyrrole nitrogens is 1. The molecular weight excluding hydrogens is 487 g/mol. The lowest BCUT2D eigenvalue weighted by Gasteiger charge is -2.29. The van der Waals surface area contributed by atoms with Gasteiger partial charge in [-0.15, -0.1) is 0 Å². The number of likely N-dealkylation sites (tertiary alicyclic amines) is 1. The number of pyridine rings is 1. The Morgan fingerprint density at radius 1 is 1.05 bits per heavy atom. The second kappa shape index (κ2) is 9.00. The van der Waals surface area contributed by atoms with Crippen LogP contribution in [0.15, 0.2) is 24.7 Å². The summed E-state index contributed by atoms with van der Waals surface area (Å²) < 4.78 is 41.8. The van der Waals surface area contributed by atoms with Crippen molar-refractivity contribution in [1.82, 2.24) is 24.8 Å². The van der Waals surface area contributed by atoms with Crippen LogP contribution in [0, 0.1) is 5.95 Å². The number of aromatic nitrogens is 4. The van der Waals surface area contributed by atoms with Gasteiger partial charge in [-0.2, -0.15) is 4.39 Å². The van der Waals surface area contributed by atoms with E-state index in [1.165, 1.54) is 24.7 Å². The number of hydrogen-bond acceptors (Lipinski definition) is 7. The Labute approximate surface area is 210 Å². The highest BCUT2D eigenvalue weighted by Crippen LogP contribution is 2.35. The van der Waals surface area contributed by atoms with E-state index in [9.17, 15) is 22.8 Å². The monoisotopic (exact) mass is 513 g/mol. The predicted octanol–water partition coefficient (Wildman–Crippen LogP) is 3.89. The summed E-state index contributed by atoms with van der Waals surface area (Å²) in [5.41, 5.74) is 0.356. The third-order valence-electron chi connectivity index (χ3n) is 7.36. The molecule has 1 unspecified atom stereocenters. The van der Waals surface area contributed by atoms with Crippen molar-refractivity contribution in [3.8, 4) is 0 Å². The average Bonchev–Trinajstić information content (AvgIpc) is 3.50. The number of nitrogens with zero attached hydrogens (tertiary/aromatic N) is 4. The number of fused-ring (bicyclic) bond motifs is 1. The van der Waals surface area contributed by atoms with Gasteiger partial charge in [0.2, 0.25) is 17.8 Å². The standard InChI is InChI=1S/C25H26F3N7O2/c26-22-16(3-4-18(34-22)32-13-5-7-25(27,28)8-6-13)21(37)17-10-29-23-20(17)24(31-12-30-23)33-14-9-19(36)35(11-14)15-1-2-15/h3-4,10,12-15H,1-2,5-9,11H2,(H,32,34)(H2,29,30,31,33). The van der Waals surface area contributed by atoms with E-state index in [0.29, 0.717) is 35.9 Å². The van der Waals surface area contributed by atoms with Gasteiger partial charge in [-0.25, -0.2) is 23.7 Å². The molecule has 0 bridgehead atoms. The molecule has 194 valence electrons. The molecule has 3 aliphatic rings. The molecule has 37 heavy (non-hydrogen) atoms. The number of carbonyl (C=O) groups is 2. The van der Waals surface area contributed by atoms with E-state index in [1.807, 2.05) is 4.90 Å². The van der Waals surface area contributed by atoms with Gasteiger partial charge in [0.1, 0.15) is 23.6 Å². The molecule has 1 atom stereocenters. The Kier molecular flexibility index (Phi) is 5.76. The van der Waals surface area contributed by atoms with Gasteiger partial charge in [-0.1, -0.05) is 0 Å². The number of amides is 1. The lowest BCUT2D eigenvalue weighted by Crippen LogP contribution is -2.32. The lowest BCUT2D eigenvalue weighted by molar-refractivity contribution is -0.128. The van der Waals surface area contributed by atoms with E-state index in [-0.39, 0.29) is 60.6 Å². The first-order chi connectivity index (χ1) is 17.8. The van der Waals surface area contributed by atoms with E-state index in [4.69, 9.17) is 0 Å². The van der Waals surface area contributed by atoms with Gasteiger partial charge in [0.05, 0.1) is 22.6 Å². The van der Waals surface area contributed by atoms with Crippen molar-refractivity contribution in [2.75, 3.05) is 17.2 Å². The molecule has 12 heteroatoms. The summed E-state index contributed by atoms with van der Waals surface area (Å²) in [6.45, 7) is 0.564. The van der Waals surface area contributed by atoms with Crippen LogP contribution in [0.4, 0.5) is 24.8 Å². The lowest BCUT2D eigenvalue weighted by atomic mass is 9.92. The first-order valence-corrected chi connectivity index (χ1v) is 12.5. The molecule has 0 spiro atoms. The minimum atomic E-state index is -2.66. The summed E-state index contributed by atoms with van der Waals surface area (Å²) in [5.74, 6) is -3.53. The van der Waals surface area contributed by atoms with Crippen molar-refractivity contribution in [1.29, 1.82) is 0 Å². The SMILES string of the molecule is O=C(c1ccc(NC2CCC(F)(F)CC2)nc1F)c1c[nH]c2ncnc(NC3CC(=O)N(C4CC4)C3)c12. The van der Waals surface area contributed by atoms with E-state index in [1.54, 1.807) is 0 Å². The zero-order valence-electron chi connectivity index (χ0n) is 19.9. The molecule has 3 fully saturated rings. The van der Waals surface area contributed by atoms with E-state index in [2.05, 4.69) is 30.6 Å². The normalized spacial score (nSPS) is 22.0. The number of hydrogen-bond donors (Lipinski definition) is 3. The van der Waals surface area contributed by atoms with Gasteiger partial charge in [-0.05, 0) is 37.8 Å². The van der Waals surface area contributed by atoms with Crippen LogP contribution < -0.4 is 10.6 Å². The molecule has 2 saturated carbocycles. The molecule has 1 saturated heterocycles. The fraction of sp³-hybridized carbons (Fsp3) is 0.480. The molecule has 0 radical (unpaired) electrons. The van der Waals surface area contributed by atoms with E-state index >= 15 is 0 Å². The highest BCUT2D eigenvalue weighted by Gasteiger charge is 2.40. The summed E-state index contributed by atoms with van der Waals surface area (Å²) in [6.07, 6.45) is 5.26. The zero-order valence-corrected chi connectivity index (χ0v) is 19.9. The number of alkyl halides is 2.